The molecule has 2 saturated heterocycles. The Kier molecular flexibility index (Phi) is 5.69. The summed E-state index contributed by atoms with van der Waals surface area (Å²) in [5, 5.41) is 2.94. The molecule has 0 atom stereocenters. The van der Waals surface area contributed by atoms with Crippen molar-refractivity contribution in [1.29, 1.82) is 0 Å². The number of rotatable bonds is 5. The summed E-state index contributed by atoms with van der Waals surface area (Å²) < 4.78 is 5.27. The van der Waals surface area contributed by atoms with Gasteiger partial charge in [0.1, 0.15) is 5.75 Å². The molecule has 0 aromatic heterocycles. The van der Waals surface area contributed by atoms with E-state index in [1.54, 1.807) is 7.11 Å². The van der Waals surface area contributed by atoms with E-state index in [9.17, 15) is 9.59 Å². The maximum Gasteiger partial charge on any atom is 0.317 e. The molecule has 3 amide bonds. The van der Waals surface area contributed by atoms with E-state index >= 15 is 0 Å². The van der Waals surface area contributed by atoms with Crippen molar-refractivity contribution in [3.05, 3.63) is 29.8 Å². The summed E-state index contributed by atoms with van der Waals surface area (Å²) in [6.07, 6.45) is 3.33. The van der Waals surface area contributed by atoms with Crippen LogP contribution in [0.2, 0.25) is 0 Å². The predicted octanol–water partition coefficient (Wildman–Crippen LogP) is 2.63. The van der Waals surface area contributed by atoms with E-state index in [1.165, 1.54) is 0 Å². The van der Waals surface area contributed by atoms with Gasteiger partial charge in [-0.2, -0.15) is 0 Å². The molecule has 1 N–H and O–H groups in total. The maximum atomic E-state index is 12.6. The van der Waals surface area contributed by atoms with Crippen molar-refractivity contribution in [2.45, 2.75) is 39.2 Å². The molecule has 142 valence electrons. The molecule has 0 saturated carbocycles. The fourth-order valence-corrected chi connectivity index (χ4v) is 3.98. The van der Waals surface area contributed by atoms with Crippen LogP contribution in [0.15, 0.2) is 24.3 Å². The van der Waals surface area contributed by atoms with E-state index < -0.39 is 0 Å². The number of amides is 3. The van der Waals surface area contributed by atoms with E-state index in [2.05, 4.69) is 5.32 Å². The molecule has 0 unspecified atom stereocenters. The summed E-state index contributed by atoms with van der Waals surface area (Å²) in [5.74, 6) is 1.03. The highest BCUT2D eigenvalue weighted by molar-refractivity contribution is 5.80. The molecular formula is C20H29N3O3. The zero-order chi connectivity index (χ0) is 18.6. The lowest BCUT2D eigenvalue weighted by atomic mass is 9.77. The molecule has 0 bridgehead atoms. The monoisotopic (exact) mass is 359 g/mol. The number of methoxy groups -OCH3 is 1. The number of benzene rings is 1. The van der Waals surface area contributed by atoms with Crippen LogP contribution in [0.5, 0.6) is 5.75 Å². The Hall–Kier alpha value is -2.24. The van der Waals surface area contributed by atoms with Crippen LogP contribution in [0.3, 0.4) is 0 Å². The van der Waals surface area contributed by atoms with Gasteiger partial charge in [-0.25, -0.2) is 4.79 Å². The van der Waals surface area contributed by atoms with Crippen molar-refractivity contribution < 1.29 is 14.3 Å². The van der Waals surface area contributed by atoms with Crippen LogP contribution in [-0.4, -0.2) is 55.0 Å². The van der Waals surface area contributed by atoms with E-state index in [-0.39, 0.29) is 17.4 Å². The summed E-state index contributed by atoms with van der Waals surface area (Å²) in [4.78, 5) is 28.5. The van der Waals surface area contributed by atoms with Gasteiger partial charge in [0.05, 0.1) is 7.11 Å². The van der Waals surface area contributed by atoms with Gasteiger partial charge in [0.15, 0.2) is 0 Å². The lowest BCUT2D eigenvalue weighted by molar-refractivity contribution is -0.128. The Morgan fingerprint density at radius 2 is 2.08 bits per heavy atom. The third kappa shape index (κ3) is 4.11. The SMILES string of the molecule is CCCNC(=O)N1CCC2(CC1)CC(=O)N(Cc1cccc(OC)c1)C2. The van der Waals surface area contributed by atoms with Crippen LogP contribution in [0.1, 0.15) is 38.2 Å². The molecule has 3 rings (SSSR count). The number of urea groups is 1. The van der Waals surface area contributed by atoms with Gasteiger partial charge in [0.2, 0.25) is 5.91 Å². The van der Waals surface area contributed by atoms with E-state index in [1.807, 2.05) is 41.0 Å². The molecule has 26 heavy (non-hydrogen) atoms. The van der Waals surface area contributed by atoms with Gasteiger partial charge < -0.3 is 19.9 Å². The first kappa shape index (κ1) is 18.5. The Morgan fingerprint density at radius 3 is 2.77 bits per heavy atom. The number of nitrogens with zero attached hydrogens (tertiary/aromatic N) is 2. The van der Waals surface area contributed by atoms with Crippen LogP contribution in [-0.2, 0) is 11.3 Å². The number of carbonyl (C=O) groups excluding carboxylic acids is 2. The first-order valence-electron chi connectivity index (χ1n) is 9.49. The molecule has 2 aliphatic heterocycles. The van der Waals surface area contributed by atoms with Crippen LogP contribution >= 0.6 is 0 Å². The third-order valence-corrected chi connectivity index (χ3v) is 5.55. The van der Waals surface area contributed by atoms with Gasteiger partial charge in [0, 0.05) is 44.6 Å². The first-order chi connectivity index (χ1) is 12.5. The molecule has 2 fully saturated rings. The van der Waals surface area contributed by atoms with Crippen LogP contribution in [0.4, 0.5) is 4.79 Å². The summed E-state index contributed by atoms with van der Waals surface area (Å²) in [6.45, 7) is 5.64. The van der Waals surface area contributed by atoms with Crippen molar-refractivity contribution in [3.8, 4) is 5.75 Å². The second kappa shape index (κ2) is 7.98. The minimum Gasteiger partial charge on any atom is -0.497 e. The standard InChI is InChI=1S/C20H29N3O3/c1-3-9-21-19(25)22-10-7-20(8-11-22)13-18(24)23(15-20)14-16-5-4-6-17(12-16)26-2/h4-6,12H,3,7-11,13-15H2,1-2H3,(H,21,25). The lowest BCUT2D eigenvalue weighted by Crippen LogP contribution is -2.48. The van der Waals surface area contributed by atoms with Gasteiger partial charge >= 0.3 is 6.03 Å². The first-order valence-corrected chi connectivity index (χ1v) is 9.49. The quantitative estimate of drug-likeness (QED) is 0.879. The minimum absolute atomic E-state index is 0.0253. The Bertz CT molecular complexity index is 653. The van der Waals surface area contributed by atoms with Crippen molar-refractivity contribution >= 4 is 11.9 Å². The maximum absolute atomic E-state index is 12.6. The summed E-state index contributed by atoms with van der Waals surface area (Å²) in [6, 6.07) is 7.91. The molecule has 6 heteroatoms. The van der Waals surface area contributed by atoms with Crippen molar-refractivity contribution in [2.24, 2.45) is 5.41 Å². The smallest absolute Gasteiger partial charge is 0.317 e. The van der Waals surface area contributed by atoms with Crippen molar-refractivity contribution in [3.63, 3.8) is 0 Å². The van der Waals surface area contributed by atoms with Crippen molar-refractivity contribution in [2.75, 3.05) is 33.3 Å². The number of piperidine rings is 1. The van der Waals surface area contributed by atoms with E-state index in [4.69, 9.17) is 4.74 Å². The molecule has 2 aliphatic rings. The van der Waals surface area contributed by atoms with E-state index in [0.717, 1.165) is 50.2 Å². The van der Waals surface area contributed by atoms with Gasteiger partial charge in [-0.3, -0.25) is 4.79 Å². The predicted molar refractivity (Wildman–Crippen MR) is 100.0 cm³/mol. The highest BCUT2D eigenvalue weighted by atomic mass is 16.5. The normalized spacial score (nSPS) is 19.1. The highest BCUT2D eigenvalue weighted by Gasteiger charge is 2.45. The number of likely N-dealkylation sites (tertiary alicyclic amines) is 2. The topological polar surface area (TPSA) is 61.9 Å². The third-order valence-electron chi connectivity index (χ3n) is 5.55. The van der Waals surface area contributed by atoms with Crippen LogP contribution in [0, 0.1) is 5.41 Å². The number of hydrogen-bond donors (Lipinski definition) is 1. The fourth-order valence-electron chi connectivity index (χ4n) is 3.98. The second-order valence-electron chi connectivity index (χ2n) is 7.50. The molecule has 1 spiro atoms. The van der Waals surface area contributed by atoms with E-state index in [0.29, 0.717) is 19.5 Å². The van der Waals surface area contributed by atoms with Crippen LogP contribution < -0.4 is 10.1 Å². The summed E-state index contributed by atoms with van der Waals surface area (Å²) >= 11 is 0. The molecule has 0 aliphatic carbocycles. The molecule has 1 aromatic rings. The summed E-state index contributed by atoms with van der Waals surface area (Å²) in [5.41, 5.74) is 1.11. The zero-order valence-electron chi connectivity index (χ0n) is 15.8. The number of hydrogen-bond acceptors (Lipinski definition) is 3. The van der Waals surface area contributed by atoms with Gasteiger partial charge in [-0.15, -0.1) is 0 Å². The van der Waals surface area contributed by atoms with Crippen LogP contribution in [0.25, 0.3) is 0 Å². The molecule has 1 aromatic carbocycles. The number of carbonyl (C=O) groups is 2. The fraction of sp³-hybridized carbons (Fsp3) is 0.600. The van der Waals surface area contributed by atoms with Gasteiger partial charge in [0.25, 0.3) is 0 Å². The minimum atomic E-state index is 0.0253. The average molecular weight is 359 g/mol. The van der Waals surface area contributed by atoms with Gasteiger partial charge in [-0.05, 0) is 37.0 Å². The second-order valence-corrected chi connectivity index (χ2v) is 7.50. The zero-order valence-corrected chi connectivity index (χ0v) is 15.8. The molecule has 2 heterocycles. The highest BCUT2D eigenvalue weighted by Crippen LogP contribution is 2.41. The Labute approximate surface area is 155 Å². The Balaban J connectivity index is 1.57. The molecular weight excluding hydrogens is 330 g/mol. The Morgan fingerprint density at radius 1 is 1.31 bits per heavy atom. The largest absolute Gasteiger partial charge is 0.497 e. The lowest BCUT2D eigenvalue weighted by Gasteiger charge is -2.38. The molecule has 0 radical (unpaired) electrons. The summed E-state index contributed by atoms with van der Waals surface area (Å²) in [7, 11) is 1.65. The van der Waals surface area contributed by atoms with Crippen molar-refractivity contribution in [1.82, 2.24) is 15.1 Å². The van der Waals surface area contributed by atoms with Gasteiger partial charge in [-0.1, -0.05) is 19.1 Å². The number of ether oxygens (including phenoxy) is 1. The average Bonchev–Trinajstić information content (AvgIpc) is 2.95. The molecule has 6 nitrogen and oxygen atoms in total. The number of nitrogens with one attached hydrogen (secondary N) is 1.